The molecule has 1 unspecified atom stereocenters. The van der Waals surface area contributed by atoms with Gasteiger partial charge in [-0.2, -0.15) is 0 Å². The Morgan fingerprint density at radius 3 is 2.50 bits per heavy atom. The van der Waals surface area contributed by atoms with Crippen molar-refractivity contribution in [3.8, 4) is 0 Å². The van der Waals surface area contributed by atoms with Gasteiger partial charge in [0, 0.05) is 32.0 Å². The van der Waals surface area contributed by atoms with Crippen LogP contribution >= 0.6 is 0 Å². The molecule has 0 aromatic carbocycles. The van der Waals surface area contributed by atoms with Crippen molar-refractivity contribution in [2.75, 3.05) is 13.6 Å². The highest BCUT2D eigenvalue weighted by Gasteiger charge is 2.27. The van der Waals surface area contributed by atoms with E-state index in [0.717, 1.165) is 12.4 Å². The van der Waals surface area contributed by atoms with Crippen LogP contribution in [-0.4, -0.2) is 34.1 Å². The molecule has 0 aliphatic heterocycles. The van der Waals surface area contributed by atoms with Gasteiger partial charge in [0.25, 0.3) is 0 Å². The molecular weight excluding hydrogens is 200 g/mol. The van der Waals surface area contributed by atoms with Crippen molar-refractivity contribution in [1.82, 2.24) is 14.5 Å². The SMILES string of the molecule is CN(Cc1nccn1C)C(CN)C(C)(C)C. The van der Waals surface area contributed by atoms with Crippen molar-refractivity contribution in [2.45, 2.75) is 33.4 Å². The summed E-state index contributed by atoms with van der Waals surface area (Å²) in [6, 6.07) is 0.365. The molecule has 0 saturated carbocycles. The third kappa shape index (κ3) is 3.06. The molecule has 1 heterocycles. The summed E-state index contributed by atoms with van der Waals surface area (Å²) < 4.78 is 2.05. The minimum Gasteiger partial charge on any atom is -0.337 e. The molecule has 1 aromatic heterocycles. The van der Waals surface area contributed by atoms with E-state index in [0.29, 0.717) is 12.6 Å². The maximum Gasteiger partial charge on any atom is 0.122 e. The Hall–Kier alpha value is -0.870. The standard InChI is InChI=1S/C12H24N4/c1-12(2,3)10(8-13)16(5)9-11-14-6-7-15(11)4/h6-7,10H,8-9,13H2,1-5H3. The van der Waals surface area contributed by atoms with Crippen LogP contribution in [0.3, 0.4) is 0 Å². The van der Waals surface area contributed by atoms with Gasteiger partial charge < -0.3 is 10.3 Å². The number of aryl methyl sites for hydroxylation is 1. The number of nitrogens with two attached hydrogens (primary N) is 1. The monoisotopic (exact) mass is 224 g/mol. The van der Waals surface area contributed by atoms with Gasteiger partial charge in [0.15, 0.2) is 0 Å². The summed E-state index contributed by atoms with van der Waals surface area (Å²) in [5.74, 6) is 1.07. The van der Waals surface area contributed by atoms with E-state index < -0.39 is 0 Å². The number of hydrogen-bond acceptors (Lipinski definition) is 3. The maximum absolute atomic E-state index is 5.86. The number of hydrogen-bond donors (Lipinski definition) is 1. The zero-order valence-electron chi connectivity index (χ0n) is 11.1. The molecule has 0 spiro atoms. The van der Waals surface area contributed by atoms with E-state index in [1.54, 1.807) is 0 Å². The molecule has 1 atom stereocenters. The molecule has 0 bridgehead atoms. The molecule has 0 aliphatic rings. The molecule has 0 saturated heterocycles. The normalized spacial score (nSPS) is 14.4. The fraction of sp³-hybridized carbons (Fsp3) is 0.750. The van der Waals surface area contributed by atoms with Crippen LogP contribution in [0.1, 0.15) is 26.6 Å². The number of aromatic nitrogens is 2. The van der Waals surface area contributed by atoms with Crippen molar-refractivity contribution in [1.29, 1.82) is 0 Å². The first-order valence-corrected chi connectivity index (χ1v) is 5.72. The molecule has 92 valence electrons. The van der Waals surface area contributed by atoms with Gasteiger partial charge in [-0.1, -0.05) is 20.8 Å². The van der Waals surface area contributed by atoms with Crippen LogP contribution < -0.4 is 5.73 Å². The second kappa shape index (κ2) is 4.97. The van der Waals surface area contributed by atoms with Crippen LogP contribution in [0.5, 0.6) is 0 Å². The quantitative estimate of drug-likeness (QED) is 0.836. The van der Waals surface area contributed by atoms with Crippen molar-refractivity contribution in [3.63, 3.8) is 0 Å². The number of imidazole rings is 1. The zero-order chi connectivity index (χ0) is 12.3. The summed E-state index contributed by atoms with van der Waals surface area (Å²) in [5.41, 5.74) is 6.05. The summed E-state index contributed by atoms with van der Waals surface area (Å²) in [5, 5.41) is 0. The van der Waals surface area contributed by atoms with E-state index >= 15 is 0 Å². The van der Waals surface area contributed by atoms with Gasteiger partial charge >= 0.3 is 0 Å². The first-order chi connectivity index (χ1) is 7.36. The average Bonchev–Trinajstić information content (AvgIpc) is 2.50. The second-order valence-electron chi connectivity index (χ2n) is 5.49. The van der Waals surface area contributed by atoms with Gasteiger partial charge in [0.1, 0.15) is 5.82 Å². The lowest BCUT2D eigenvalue weighted by Gasteiger charge is -2.37. The molecule has 4 heteroatoms. The van der Waals surface area contributed by atoms with Gasteiger partial charge in [0.05, 0.1) is 6.54 Å². The number of nitrogens with zero attached hydrogens (tertiary/aromatic N) is 3. The summed E-state index contributed by atoms with van der Waals surface area (Å²) in [7, 11) is 4.13. The van der Waals surface area contributed by atoms with Crippen LogP contribution in [0.25, 0.3) is 0 Å². The van der Waals surface area contributed by atoms with E-state index in [9.17, 15) is 0 Å². The third-order valence-corrected chi connectivity index (χ3v) is 3.07. The van der Waals surface area contributed by atoms with Crippen LogP contribution in [0.15, 0.2) is 12.4 Å². The van der Waals surface area contributed by atoms with E-state index in [-0.39, 0.29) is 5.41 Å². The van der Waals surface area contributed by atoms with E-state index in [2.05, 4.69) is 37.7 Å². The lowest BCUT2D eigenvalue weighted by Crippen LogP contribution is -2.46. The minimum atomic E-state index is 0.189. The molecule has 1 rings (SSSR count). The number of likely N-dealkylation sites (N-methyl/N-ethyl adjacent to an activating group) is 1. The lowest BCUT2D eigenvalue weighted by atomic mass is 9.86. The minimum absolute atomic E-state index is 0.189. The Labute approximate surface area is 98.5 Å². The van der Waals surface area contributed by atoms with E-state index in [1.807, 2.05) is 24.0 Å². The largest absolute Gasteiger partial charge is 0.337 e. The van der Waals surface area contributed by atoms with Gasteiger partial charge in [-0.05, 0) is 12.5 Å². The fourth-order valence-corrected chi connectivity index (χ4v) is 2.08. The van der Waals surface area contributed by atoms with Crippen LogP contribution in [0.4, 0.5) is 0 Å². The molecule has 0 fully saturated rings. The average molecular weight is 224 g/mol. The number of rotatable bonds is 4. The van der Waals surface area contributed by atoms with Crippen LogP contribution in [-0.2, 0) is 13.6 Å². The molecular formula is C12H24N4. The van der Waals surface area contributed by atoms with Crippen LogP contribution in [0, 0.1) is 5.41 Å². The molecule has 0 amide bonds. The predicted octanol–water partition coefficient (Wildman–Crippen LogP) is 1.23. The molecule has 2 N–H and O–H groups in total. The van der Waals surface area contributed by atoms with Gasteiger partial charge in [-0.15, -0.1) is 0 Å². The highest BCUT2D eigenvalue weighted by molar-refractivity contribution is 4.93. The fourth-order valence-electron chi connectivity index (χ4n) is 2.08. The third-order valence-electron chi connectivity index (χ3n) is 3.07. The zero-order valence-corrected chi connectivity index (χ0v) is 11.1. The van der Waals surface area contributed by atoms with E-state index in [1.165, 1.54) is 0 Å². The van der Waals surface area contributed by atoms with Crippen molar-refractivity contribution < 1.29 is 0 Å². The van der Waals surface area contributed by atoms with Gasteiger partial charge in [-0.25, -0.2) is 4.98 Å². The highest BCUT2D eigenvalue weighted by Crippen LogP contribution is 2.23. The Bertz CT molecular complexity index is 324. The molecule has 4 nitrogen and oxygen atoms in total. The Balaban J connectivity index is 2.71. The van der Waals surface area contributed by atoms with Crippen molar-refractivity contribution in [3.05, 3.63) is 18.2 Å². The summed E-state index contributed by atoms with van der Waals surface area (Å²) in [6.07, 6.45) is 3.80. The summed E-state index contributed by atoms with van der Waals surface area (Å²) >= 11 is 0. The summed E-state index contributed by atoms with van der Waals surface area (Å²) in [6.45, 7) is 8.17. The molecule has 16 heavy (non-hydrogen) atoms. The van der Waals surface area contributed by atoms with Crippen molar-refractivity contribution in [2.24, 2.45) is 18.2 Å². The lowest BCUT2D eigenvalue weighted by molar-refractivity contribution is 0.122. The first kappa shape index (κ1) is 13.2. The summed E-state index contributed by atoms with van der Waals surface area (Å²) in [4.78, 5) is 6.62. The Kier molecular flexibility index (Phi) is 4.10. The highest BCUT2D eigenvalue weighted by atomic mass is 15.2. The Morgan fingerprint density at radius 2 is 2.12 bits per heavy atom. The molecule has 0 radical (unpaired) electrons. The second-order valence-corrected chi connectivity index (χ2v) is 5.49. The smallest absolute Gasteiger partial charge is 0.122 e. The predicted molar refractivity (Wildman–Crippen MR) is 67.0 cm³/mol. The molecule has 1 aromatic rings. The Morgan fingerprint density at radius 1 is 1.50 bits per heavy atom. The van der Waals surface area contributed by atoms with Gasteiger partial charge in [0.2, 0.25) is 0 Å². The molecule has 0 aliphatic carbocycles. The maximum atomic E-state index is 5.86. The van der Waals surface area contributed by atoms with E-state index in [4.69, 9.17) is 5.73 Å². The first-order valence-electron chi connectivity index (χ1n) is 5.72. The van der Waals surface area contributed by atoms with Gasteiger partial charge in [-0.3, -0.25) is 4.90 Å². The van der Waals surface area contributed by atoms with Crippen LogP contribution in [0.2, 0.25) is 0 Å². The van der Waals surface area contributed by atoms with Crippen molar-refractivity contribution >= 4 is 0 Å². The topological polar surface area (TPSA) is 47.1 Å².